The maximum Gasteiger partial charge on any atom is 0.431 e. The van der Waals surface area contributed by atoms with Crippen LogP contribution in [0.2, 0.25) is 0 Å². The number of aromatic hydroxyl groups is 1. The number of aromatic nitrogens is 4. The molecule has 1 N–H and O–H groups in total. The third-order valence-corrected chi connectivity index (χ3v) is 5.71. The molecule has 10 nitrogen and oxygen atoms in total. The second-order valence-electron chi connectivity index (χ2n) is 7.82. The van der Waals surface area contributed by atoms with Crippen LogP contribution >= 0.6 is 0 Å². The van der Waals surface area contributed by atoms with E-state index in [-0.39, 0.29) is 34.5 Å². The van der Waals surface area contributed by atoms with Gasteiger partial charge in [-0.1, -0.05) is 19.9 Å². The molecule has 1 aromatic carbocycles. The summed E-state index contributed by atoms with van der Waals surface area (Å²) in [7, 11) is 0. The van der Waals surface area contributed by atoms with Gasteiger partial charge in [-0.3, -0.25) is 28.8 Å². The molecule has 0 saturated heterocycles. The predicted octanol–water partition coefficient (Wildman–Crippen LogP) is 3.83. The van der Waals surface area contributed by atoms with Gasteiger partial charge in [0.1, 0.15) is 23.3 Å². The molecule has 0 saturated carbocycles. The number of nitro benzene ring substituents is 1. The van der Waals surface area contributed by atoms with Crippen LogP contribution in [0.3, 0.4) is 0 Å². The summed E-state index contributed by atoms with van der Waals surface area (Å²) in [5, 5.41) is 21.3. The van der Waals surface area contributed by atoms with Crippen molar-refractivity contribution in [2.24, 2.45) is 0 Å². The highest BCUT2D eigenvalue weighted by molar-refractivity contribution is 5.87. The number of hydrogen-bond donors (Lipinski definition) is 1. The van der Waals surface area contributed by atoms with Crippen molar-refractivity contribution in [2.75, 3.05) is 0 Å². The molecule has 37 heavy (non-hydrogen) atoms. The van der Waals surface area contributed by atoms with Crippen LogP contribution in [0.15, 0.2) is 46.2 Å². The molecule has 0 aliphatic carbocycles. The lowest BCUT2D eigenvalue weighted by atomic mass is 10.1. The molecule has 4 rings (SSSR count). The third-order valence-electron chi connectivity index (χ3n) is 5.71. The number of nitrogens with zero attached hydrogens (tertiary/aromatic N) is 5. The first-order valence-electron chi connectivity index (χ1n) is 10.8. The fourth-order valence-corrected chi connectivity index (χ4v) is 4.14. The minimum Gasteiger partial charge on any atom is -0.507 e. The van der Waals surface area contributed by atoms with E-state index in [1.165, 1.54) is 6.33 Å². The molecule has 0 spiro atoms. The van der Waals surface area contributed by atoms with Crippen molar-refractivity contribution in [3.8, 4) is 17.1 Å². The monoisotopic (exact) mass is 519 g/mol. The van der Waals surface area contributed by atoms with Gasteiger partial charge in [0.25, 0.3) is 16.8 Å². The SMILES string of the molecule is CCc1ncnc(CC)c1-n1c(=O)cc(O)c2cc(C(F)(F)F)n(-c3c(F)cccc3[N+](=O)[O-])c(=O)c21. The van der Waals surface area contributed by atoms with Gasteiger partial charge in [-0.15, -0.1) is 0 Å². The molecule has 3 heterocycles. The summed E-state index contributed by atoms with van der Waals surface area (Å²) < 4.78 is 57.9. The number of rotatable bonds is 5. The summed E-state index contributed by atoms with van der Waals surface area (Å²) >= 11 is 0. The molecule has 0 radical (unpaired) electrons. The van der Waals surface area contributed by atoms with E-state index in [0.29, 0.717) is 18.2 Å². The van der Waals surface area contributed by atoms with Crippen molar-refractivity contribution in [2.45, 2.75) is 32.9 Å². The maximum atomic E-state index is 14.9. The molecule has 0 amide bonds. The van der Waals surface area contributed by atoms with Gasteiger partial charge >= 0.3 is 6.18 Å². The van der Waals surface area contributed by atoms with Crippen LogP contribution in [0.4, 0.5) is 23.2 Å². The lowest BCUT2D eigenvalue weighted by molar-refractivity contribution is -0.384. The van der Waals surface area contributed by atoms with Crippen molar-refractivity contribution in [3.63, 3.8) is 0 Å². The van der Waals surface area contributed by atoms with E-state index >= 15 is 0 Å². The first-order valence-corrected chi connectivity index (χ1v) is 10.8. The Morgan fingerprint density at radius 1 is 1.03 bits per heavy atom. The van der Waals surface area contributed by atoms with E-state index in [9.17, 15) is 42.4 Å². The molecule has 192 valence electrons. The fraction of sp³-hybridized carbons (Fsp3) is 0.217. The van der Waals surface area contributed by atoms with Crippen LogP contribution in [0, 0.1) is 15.9 Å². The Labute approximate surface area is 204 Å². The highest BCUT2D eigenvalue weighted by atomic mass is 19.4. The molecule has 0 bridgehead atoms. The summed E-state index contributed by atoms with van der Waals surface area (Å²) in [6, 6.07) is 3.26. The first kappa shape index (κ1) is 25.5. The molecular formula is C23H17F4N5O5. The standard InChI is InChI=1S/C23H17F4N5O5/c1-3-13-21(14(4-2)29-10-28-13)31-18(34)9-16(33)11-8-17(23(25,26)27)30(22(35)19(11)31)20-12(24)6-5-7-15(20)32(36)37/h5-10,33H,3-4H2,1-2H3. The quantitative estimate of drug-likeness (QED) is 0.241. The van der Waals surface area contributed by atoms with Gasteiger partial charge in [0, 0.05) is 17.5 Å². The predicted molar refractivity (Wildman–Crippen MR) is 123 cm³/mol. The second-order valence-corrected chi connectivity index (χ2v) is 7.82. The summed E-state index contributed by atoms with van der Waals surface area (Å²) in [4.78, 5) is 45.5. The van der Waals surface area contributed by atoms with Crippen LogP contribution in [0.1, 0.15) is 30.9 Å². The van der Waals surface area contributed by atoms with Crippen molar-refractivity contribution < 1.29 is 27.6 Å². The second kappa shape index (κ2) is 9.11. The number of para-hydroxylation sites is 1. The number of hydrogen-bond acceptors (Lipinski definition) is 7. The zero-order valence-electron chi connectivity index (χ0n) is 19.2. The van der Waals surface area contributed by atoms with Crippen LogP contribution < -0.4 is 11.1 Å². The van der Waals surface area contributed by atoms with Gasteiger partial charge in [-0.2, -0.15) is 13.2 Å². The van der Waals surface area contributed by atoms with Gasteiger partial charge in [0.05, 0.1) is 22.0 Å². The van der Waals surface area contributed by atoms with Crippen LogP contribution in [0.25, 0.3) is 22.3 Å². The first-order chi connectivity index (χ1) is 17.4. The van der Waals surface area contributed by atoms with E-state index < -0.39 is 61.8 Å². The van der Waals surface area contributed by atoms with Gasteiger partial charge in [0.15, 0.2) is 11.5 Å². The topological polar surface area (TPSA) is 133 Å². The Balaban J connectivity index is 2.35. The Kier molecular flexibility index (Phi) is 6.27. The number of halogens is 4. The molecule has 0 fully saturated rings. The normalized spacial score (nSPS) is 11.7. The minimum absolute atomic E-state index is 0.00828. The fourth-order valence-electron chi connectivity index (χ4n) is 4.14. The van der Waals surface area contributed by atoms with E-state index in [1.807, 2.05) is 0 Å². The number of aryl methyl sites for hydroxylation is 2. The number of nitro groups is 1. The molecule has 3 aromatic heterocycles. The van der Waals surface area contributed by atoms with E-state index in [1.54, 1.807) is 13.8 Å². The van der Waals surface area contributed by atoms with E-state index in [4.69, 9.17) is 0 Å². The maximum absolute atomic E-state index is 14.9. The molecule has 4 aromatic rings. The Morgan fingerprint density at radius 3 is 2.19 bits per heavy atom. The molecular weight excluding hydrogens is 502 g/mol. The van der Waals surface area contributed by atoms with E-state index in [2.05, 4.69) is 9.97 Å². The summed E-state index contributed by atoms with van der Waals surface area (Å²) in [5.74, 6) is -2.43. The Hall–Kier alpha value is -4.62. The molecule has 0 atom stereocenters. The van der Waals surface area contributed by atoms with Crippen LogP contribution in [0.5, 0.6) is 5.75 Å². The van der Waals surface area contributed by atoms with Gasteiger partial charge in [0.2, 0.25) is 0 Å². The molecule has 0 unspecified atom stereocenters. The van der Waals surface area contributed by atoms with Crippen LogP contribution in [-0.4, -0.2) is 29.1 Å². The van der Waals surface area contributed by atoms with Crippen molar-refractivity contribution in [3.05, 3.63) is 90.4 Å². The Bertz CT molecular complexity index is 1670. The summed E-state index contributed by atoms with van der Waals surface area (Å²) in [5.41, 5.74) is -7.04. The zero-order valence-corrected chi connectivity index (χ0v) is 19.2. The van der Waals surface area contributed by atoms with E-state index in [0.717, 1.165) is 16.7 Å². The molecule has 14 heteroatoms. The van der Waals surface area contributed by atoms with Gasteiger partial charge < -0.3 is 5.11 Å². The Morgan fingerprint density at radius 2 is 1.65 bits per heavy atom. The van der Waals surface area contributed by atoms with Gasteiger partial charge in [-0.25, -0.2) is 14.4 Å². The minimum atomic E-state index is -5.32. The lowest BCUT2D eigenvalue weighted by Gasteiger charge is -2.20. The average Bonchev–Trinajstić information content (AvgIpc) is 2.83. The van der Waals surface area contributed by atoms with Crippen molar-refractivity contribution in [1.29, 1.82) is 0 Å². The largest absolute Gasteiger partial charge is 0.507 e. The summed E-state index contributed by atoms with van der Waals surface area (Å²) in [6.45, 7) is 3.36. The van der Waals surface area contributed by atoms with Crippen molar-refractivity contribution >= 4 is 16.6 Å². The highest BCUT2D eigenvalue weighted by Crippen LogP contribution is 2.37. The number of fused-ring (bicyclic) bond motifs is 1. The van der Waals surface area contributed by atoms with Crippen LogP contribution in [-0.2, 0) is 19.0 Å². The molecule has 0 aliphatic rings. The zero-order chi connectivity index (χ0) is 27.2. The third kappa shape index (κ3) is 4.09. The molecule has 0 aliphatic heterocycles. The average molecular weight is 519 g/mol. The number of pyridine rings is 2. The number of benzene rings is 1. The smallest absolute Gasteiger partial charge is 0.431 e. The van der Waals surface area contributed by atoms with Gasteiger partial charge in [-0.05, 0) is 25.0 Å². The van der Waals surface area contributed by atoms with Crippen molar-refractivity contribution in [1.82, 2.24) is 19.1 Å². The summed E-state index contributed by atoms with van der Waals surface area (Å²) in [6.07, 6.45) is -3.64. The number of alkyl halides is 3. The highest BCUT2D eigenvalue weighted by Gasteiger charge is 2.39. The lowest BCUT2D eigenvalue weighted by Crippen LogP contribution is -2.33.